The van der Waals surface area contributed by atoms with Crippen LogP contribution in [0.25, 0.3) is 22.5 Å². The third kappa shape index (κ3) is 2.57. The maximum Gasteiger partial charge on any atom is 0.140 e. The Morgan fingerprint density at radius 2 is 1.26 bits per heavy atom. The van der Waals surface area contributed by atoms with Gasteiger partial charge in [0.15, 0.2) is 0 Å². The van der Waals surface area contributed by atoms with Crippen LogP contribution < -0.4 is 0 Å². The van der Waals surface area contributed by atoms with Gasteiger partial charge in [0.1, 0.15) is 5.82 Å². The van der Waals surface area contributed by atoms with E-state index in [0.717, 1.165) is 29.5 Å². The highest BCUT2D eigenvalue weighted by Gasteiger charge is 2.49. The maximum atomic E-state index is 4.78. The van der Waals surface area contributed by atoms with Crippen molar-refractivity contribution in [2.24, 2.45) is 23.7 Å². The highest BCUT2D eigenvalue weighted by atomic mass is 15.1. The molecule has 2 nitrogen and oxygen atoms in total. The molecule has 4 fully saturated rings. The van der Waals surface area contributed by atoms with Crippen LogP contribution in [0.4, 0.5) is 0 Å². The monoisotopic (exact) mass is 354 g/mol. The van der Waals surface area contributed by atoms with Crippen LogP contribution >= 0.6 is 0 Å². The summed E-state index contributed by atoms with van der Waals surface area (Å²) in [7, 11) is 0. The molecule has 0 amide bonds. The summed E-state index contributed by atoms with van der Waals surface area (Å²) in [4.78, 5) is 4.78. The van der Waals surface area contributed by atoms with Gasteiger partial charge in [-0.25, -0.2) is 4.98 Å². The Balaban J connectivity index is 1.33. The lowest BCUT2D eigenvalue weighted by molar-refractivity contribution is -0.0285. The smallest absolute Gasteiger partial charge is 0.140 e. The Hall–Kier alpha value is -2.35. The molecule has 4 aliphatic carbocycles. The first-order valence-electron chi connectivity index (χ1n) is 10.5. The van der Waals surface area contributed by atoms with E-state index >= 15 is 0 Å². The fraction of sp³-hybridized carbons (Fsp3) is 0.400. The summed E-state index contributed by atoms with van der Waals surface area (Å²) >= 11 is 0. The molecule has 0 aliphatic heterocycles. The maximum absolute atomic E-state index is 4.78. The van der Waals surface area contributed by atoms with Gasteiger partial charge in [-0.3, -0.25) is 0 Å². The largest absolute Gasteiger partial charge is 0.327 e. The predicted molar refractivity (Wildman–Crippen MR) is 109 cm³/mol. The average Bonchev–Trinajstić information content (AvgIpc) is 3.17. The molecule has 2 heteroatoms. The van der Waals surface area contributed by atoms with E-state index in [2.05, 4.69) is 65.4 Å². The van der Waals surface area contributed by atoms with Gasteiger partial charge in [-0.1, -0.05) is 54.6 Å². The lowest BCUT2D eigenvalue weighted by Gasteiger charge is -2.54. The molecule has 4 aliphatic rings. The minimum absolute atomic E-state index is 0.670. The fourth-order valence-corrected chi connectivity index (χ4v) is 6.57. The molecule has 0 spiro atoms. The topological polar surface area (TPSA) is 17.8 Å². The van der Waals surface area contributed by atoms with Crippen molar-refractivity contribution >= 4 is 0 Å². The zero-order chi connectivity index (χ0) is 17.8. The van der Waals surface area contributed by atoms with Gasteiger partial charge in [-0.15, -0.1) is 0 Å². The van der Waals surface area contributed by atoms with Crippen molar-refractivity contribution in [2.75, 3.05) is 0 Å². The molecule has 7 rings (SSSR count). The molecular weight excluding hydrogens is 328 g/mol. The van der Waals surface area contributed by atoms with E-state index in [9.17, 15) is 0 Å². The normalized spacial score (nSPS) is 31.3. The Labute approximate surface area is 161 Å². The zero-order valence-corrected chi connectivity index (χ0v) is 15.7. The van der Waals surface area contributed by atoms with Gasteiger partial charge >= 0.3 is 0 Å². The molecule has 1 heterocycles. The van der Waals surface area contributed by atoms with Crippen LogP contribution in [-0.2, 0) is 0 Å². The van der Waals surface area contributed by atoms with Crippen molar-refractivity contribution in [2.45, 2.75) is 38.1 Å². The number of hydrogen-bond acceptors (Lipinski definition) is 1. The number of aromatic nitrogens is 2. The molecule has 27 heavy (non-hydrogen) atoms. The summed E-state index contributed by atoms with van der Waals surface area (Å²) in [5.74, 6) is 4.93. The van der Waals surface area contributed by atoms with E-state index in [1.807, 2.05) is 6.20 Å². The second-order valence-corrected chi connectivity index (χ2v) is 9.02. The molecule has 3 aromatic rings. The van der Waals surface area contributed by atoms with Crippen LogP contribution in [0.3, 0.4) is 0 Å². The van der Waals surface area contributed by atoms with Crippen molar-refractivity contribution in [3.63, 3.8) is 0 Å². The third-order valence-corrected chi connectivity index (χ3v) is 7.42. The Bertz CT molecular complexity index is 910. The average molecular weight is 354 g/mol. The molecule has 4 bridgehead atoms. The van der Waals surface area contributed by atoms with Crippen LogP contribution in [0.15, 0.2) is 67.0 Å². The highest BCUT2D eigenvalue weighted by molar-refractivity contribution is 5.67. The molecule has 0 unspecified atom stereocenters. The van der Waals surface area contributed by atoms with Gasteiger partial charge < -0.3 is 4.57 Å². The van der Waals surface area contributed by atoms with E-state index in [-0.39, 0.29) is 0 Å². The summed E-state index contributed by atoms with van der Waals surface area (Å²) in [5.41, 5.74) is 3.79. The fourth-order valence-electron chi connectivity index (χ4n) is 6.57. The van der Waals surface area contributed by atoms with Gasteiger partial charge in [-0.2, -0.15) is 0 Å². The second kappa shape index (κ2) is 6.09. The first-order chi connectivity index (χ1) is 13.3. The number of nitrogens with zero attached hydrogens (tertiary/aromatic N) is 2. The molecule has 0 radical (unpaired) electrons. The molecule has 0 saturated heterocycles. The highest BCUT2D eigenvalue weighted by Crippen LogP contribution is 2.58. The van der Waals surface area contributed by atoms with Crippen LogP contribution in [0.1, 0.15) is 38.1 Å². The van der Waals surface area contributed by atoms with Gasteiger partial charge in [0.25, 0.3) is 0 Å². The number of rotatable bonds is 3. The second-order valence-electron chi connectivity index (χ2n) is 9.02. The van der Waals surface area contributed by atoms with E-state index in [1.54, 1.807) is 0 Å². The standard InChI is InChI=1S/C25H26N2/c1-2-4-19(5-3-1)20-6-8-21(9-7-20)25-26-10-11-27(25)24-22-13-17-12-18(15-22)16-23(24)14-17/h1-11,17-18,22-24H,12-16H2. The molecule has 0 atom stereocenters. The number of hydrogen-bond donors (Lipinski definition) is 0. The molecule has 2 aromatic carbocycles. The van der Waals surface area contributed by atoms with Gasteiger partial charge in [0.2, 0.25) is 0 Å². The van der Waals surface area contributed by atoms with Crippen molar-refractivity contribution in [3.05, 3.63) is 67.0 Å². The van der Waals surface area contributed by atoms with Crippen molar-refractivity contribution in [1.82, 2.24) is 9.55 Å². The molecule has 136 valence electrons. The lowest BCUT2D eigenvalue weighted by Crippen LogP contribution is -2.45. The summed E-state index contributed by atoms with van der Waals surface area (Å²) in [6, 6.07) is 20.2. The lowest BCUT2D eigenvalue weighted by atomic mass is 9.54. The van der Waals surface area contributed by atoms with E-state index in [1.165, 1.54) is 48.8 Å². The Morgan fingerprint density at radius 3 is 1.93 bits per heavy atom. The summed E-state index contributed by atoms with van der Waals surface area (Å²) in [6.45, 7) is 0. The zero-order valence-electron chi connectivity index (χ0n) is 15.7. The van der Waals surface area contributed by atoms with E-state index < -0.39 is 0 Å². The summed E-state index contributed by atoms with van der Waals surface area (Å²) < 4.78 is 2.53. The van der Waals surface area contributed by atoms with Gasteiger partial charge in [0, 0.05) is 24.0 Å². The van der Waals surface area contributed by atoms with Gasteiger partial charge in [-0.05, 0) is 66.9 Å². The molecule has 4 saturated carbocycles. The Kier molecular flexibility index (Phi) is 3.54. The molecule has 1 aromatic heterocycles. The van der Waals surface area contributed by atoms with Crippen LogP contribution in [-0.4, -0.2) is 9.55 Å². The van der Waals surface area contributed by atoms with E-state index in [0.29, 0.717) is 6.04 Å². The van der Waals surface area contributed by atoms with Crippen molar-refractivity contribution in [3.8, 4) is 22.5 Å². The van der Waals surface area contributed by atoms with Crippen LogP contribution in [0.2, 0.25) is 0 Å². The Morgan fingerprint density at radius 1 is 0.667 bits per heavy atom. The summed E-state index contributed by atoms with van der Waals surface area (Å²) in [6.07, 6.45) is 11.5. The number of benzene rings is 2. The molecular formula is C25H26N2. The van der Waals surface area contributed by atoms with Crippen LogP contribution in [0, 0.1) is 23.7 Å². The third-order valence-electron chi connectivity index (χ3n) is 7.42. The van der Waals surface area contributed by atoms with Crippen LogP contribution in [0.5, 0.6) is 0 Å². The SMILES string of the molecule is c1ccc(-c2ccc(-c3nccn3C3C4CC5CC(C4)CC3C5)cc2)cc1. The quantitative estimate of drug-likeness (QED) is 0.546. The minimum atomic E-state index is 0.670. The molecule has 0 N–H and O–H groups in total. The minimum Gasteiger partial charge on any atom is -0.327 e. The number of imidazole rings is 1. The van der Waals surface area contributed by atoms with Crippen molar-refractivity contribution < 1.29 is 0 Å². The summed E-state index contributed by atoms with van der Waals surface area (Å²) in [5, 5.41) is 0. The van der Waals surface area contributed by atoms with E-state index in [4.69, 9.17) is 4.98 Å². The predicted octanol–water partition coefficient (Wildman–Crippen LogP) is 6.21. The van der Waals surface area contributed by atoms with Crippen molar-refractivity contribution in [1.29, 1.82) is 0 Å². The first-order valence-corrected chi connectivity index (χ1v) is 10.5. The van der Waals surface area contributed by atoms with Gasteiger partial charge in [0.05, 0.1) is 0 Å². The first kappa shape index (κ1) is 15.7.